The summed E-state index contributed by atoms with van der Waals surface area (Å²) in [6, 6.07) is 2.61. The number of hydrogen-bond donors (Lipinski definition) is 2. The van der Waals surface area contributed by atoms with Crippen molar-refractivity contribution in [1.82, 2.24) is 4.31 Å². The number of rotatable bonds is 6. The Bertz CT molecular complexity index is 745. The molecule has 0 saturated carbocycles. The molecule has 1 heterocycles. The molecule has 0 aromatic heterocycles. The minimum absolute atomic E-state index is 0.0134. The van der Waals surface area contributed by atoms with Crippen molar-refractivity contribution in [1.29, 1.82) is 0 Å². The molecule has 10 heteroatoms. The largest absolute Gasteiger partial charge is 0.495 e. The number of benzene rings is 1. The second-order valence-corrected chi connectivity index (χ2v) is 6.97. The van der Waals surface area contributed by atoms with Crippen LogP contribution in [-0.2, 0) is 19.6 Å². The molecule has 1 atom stereocenters. The standard InChI is InChI=1S/C14H17NO8S/c1-22-11-3-2-9(14(18)19)6-12(11)24(20,21)15-4-5-23-8-10(15)7-13(16)17/h2-3,6,10H,4-5,7-8H2,1H3,(H,16,17)(H,18,19)/t10-/m1/s1. The van der Waals surface area contributed by atoms with Crippen LogP contribution in [0, 0.1) is 0 Å². The highest BCUT2D eigenvalue weighted by atomic mass is 32.2. The summed E-state index contributed by atoms with van der Waals surface area (Å²) in [7, 11) is -2.89. The molecule has 1 aliphatic heterocycles. The molecular formula is C14H17NO8S. The molecule has 0 amide bonds. The molecule has 0 radical (unpaired) electrons. The van der Waals surface area contributed by atoms with Gasteiger partial charge in [0, 0.05) is 6.54 Å². The molecule has 0 bridgehead atoms. The Morgan fingerprint density at radius 1 is 1.38 bits per heavy atom. The summed E-state index contributed by atoms with van der Waals surface area (Å²) in [6.07, 6.45) is -0.417. The van der Waals surface area contributed by atoms with Crippen LogP contribution >= 0.6 is 0 Å². The van der Waals surface area contributed by atoms with E-state index in [2.05, 4.69) is 0 Å². The zero-order valence-corrected chi connectivity index (χ0v) is 13.7. The molecule has 1 aromatic rings. The van der Waals surface area contributed by atoms with Crippen LogP contribution < -0.4 is 4.74 Å². The van der Waals surface area contributed by atoms with Crippen LogP contribution in [0.3, 0.4) is 0 Å². The third-order valence-electron chi connectivity index (χ3n) is 3.58. The highest BCUT2D eigenvalue weighted by molar-refractivity contribution is 7.89. The van der Waals surface area contributed by atoms with Gasteiger partial charge in [-0.1, -0.05) is 0 Å². The third kappa shape index (κ3) is 3.66. The lowest BCUT2D eigenvalue weighted by Crippen LogP contribution is -2.49. The van der Waals surface area contributed by atoms with Crippen molar-refractivity contribution >= 4 is 22.0 Å². The van der Waals surface area contributed by atoms with Crippen molar-refractivity contribution in [2.24, 2.45) is 0 Å². The van der Waals surface area contributed by atoms with Gasteiger partial charge in [-0.25, -0.2) is 13.2 Å². The van der Waals surface area contributed by atoms with Crippen molar-refractivity contribution in [2.75, 3.05) is 26.9 Å². The van der Waals surface area contributed by atoms with E-state index < -0.39 is 34.4 Å². The summed E-state index contributed by atoms with van der Waals surface area (Å²) in [5.41, 5.74) is -0.211. The molecule has 1 fully saturated rings. The SMILES string of the molecule is COc1ccc(C(=O)O)cc1S(=O)(=O)N1CCOC[C@H]1CC(=O)O. The van der Waals surface area contributed by atoms with Crippen LogP contribution in [0.5, 0.6) is 5.75 Å². The molecule has 0 spiro atoms. The zero-order valence-electron chi connectivity index (χ0n) is 12.8. The van der Waals surface area contributed by atoms with E-state index in [-0.39, 0.29) is 36.0 Å². The van der Waals surface area contributed by atoms with E-state index in [1.807, 2.05) is 0 Å². The van der Waals surface area contributed by atoms with Gasteiger partial charge in [0.1, 0.15) is 10.6 Å². The van der Waals surface area contributed by atoms with Gasteiger partial charge in [-0.05, 0) is 18.2 Å². The average Bonchev–Trinajstić information content (AvgIpc) is 2.54. The first kappa shape index (κ1) is 18.2. The highest BCUT2D eigenvalue weighted by Gasteiger charge is 2.37. The number of methoxy groups -OCH3 is 1. The molecule has 1 saturated heterocycles. The highest BCUT2D eigenvalue weighted by Crippen LogP contribution is 2.30. The molecule has 24 heavy (non-hydrogen) atoms. The molecular weight excluding hydrogens is 342 g/mol. The van der Waals surface area contributed by atoms with Crippen molar-refractivity contribution < 1.29 is 37.7 Å². The van der Waals surface area contributed by atoms with E-state index in [9.17, 15) is 18.0 Å². The molecule has 0 aliphatic carbocycles. The average molecular weight is 359 g/mol. The monoisotopic (exact) mass is 359 g/mol. The maximum atomic E-state index is 12.9. The van der Waals surface area contributed by atoms with Gasteiger partial charge in [0.25, 0.3) is 0 Å². The lowest BCUT2D eigenvalue weighted by molar-refractivity contribution is -0.139. The van der Waals surface area contributed by atoms with E-state index in [4.69, 9.17) is 19.7 Å². The van der Waals surface area contributed by atoms with Gasteiger partial charge in [-0.2, -0.15) is 4.31 Å². The molecule has 0 unspecified atom stereocenters. The molecule has 2 N–H and O–H groups in total. The lowest BCUT2D eigenvalue weighted by Gasteiger charge is -2.34. The molecule has 1 aromatic carbocycles. The van der Waals surface area contributed by atoms with Crippen molar-refractivity contribution in [3.05, 3.63) is 23.8 Å². The molecule has 1 aliphatic rings. The van der Waals surface area contributed by atoms with Gasteiger partial charge in [0.2, 0.25) is 10.0 Å². The number of morpholine rings is 1. The number of carboxylic acid groups (broad SMARTS) is 2. The Kier molecular flexibility index (Phi) is 5.42. The van der Waals surface area contributed by atoms with Gasteiger partial charge in [0.05, 0.1) is 38.3 Å². The summed E-state index contributed by atoms with van der Waals surface area (Å²) >= 11 is 0. The normalized spacial score (nSPS) is 19.0. The number of sulfonamides is 1. The number of aliphatic carboxylic acids is 1. The summed E-state index contributed by atoms with van der Waals surface area (Å²) in [5, 5.41) is 18.0. The van der Waals surface area contributed by atoms with Crippen LogP contribution in [-0.4, -0.2) is 67.8 Å². The first-order valence-electron chi connectivity index (χ1n) is 7.00. The van der Waals surface area contributed by atoms with Crippen LogP contribution in [0.1, 0.15) is 16.8 Å². The van der Waals surface area contributed by atoms with E-state index in [0.717, 1.165) is 10.4 Å². The summed E-state index contributed by atoms with van der Waals surface area (Å²) in [6.45, 7) is 0.0451. The topological polar surface area (TPSA) is 130 Å². The van der Waals surface area contributed by atoms with Crippen LogP contribution in [0.15, 0.2) is 23.1 Å². The molecule has 132 valence electrons. The fourth-order valence-electron chi connectivity index (χ4n) is 2.46. The fraction of sp³-hybridized carbons (Fsp3) is 0.429. The Morgan fingerprint density at radius 3 is 2.67 bits per heavy atom. The van der Waals surface area contributed by atoms with Crippen molar-refractivity contribution in [3.63, 3.8) is 0 Å². The van der Waals surface area contributed by atoms with Crippen molar-refractivity contribution in [3.8, 4) is 5.75 Å². The first-order valence-corrected chi connectivity index (χ1v) is 8.44. The smallest absolute Gasteiger partial charge is 0.335 e. The summed E-state index contributed by atoms with van der Waals surface area (Å²) in [4.78, 5) is 21.8. The Labute approximate surface area is 138 Å². The molecule has 2 rings (SSSR count). The van der Waals surface area contributed by atoms with Crippen LogP contribution in [0.25, 0.3) is 0 Å². The second-order valence-electron chi connectivity index (χ2n) is 5.11. The lowest BCUT2D eigenvalue weighted by atomic mass is 10.2. The van der Waals surface area contributed by atoms with E-state index in [1.165, 1.54) is 19.2 Å². The van der Waals surface area contributed by atoms with Gasteiger partial charge in [-0.15, -0.1) is 0 Å². The predicted molar refractivity (Wildman–Crippen MR) is 80.7 cm³/mol. The predicted octanol–water partition coefficient (Wildman–Crippen LogP) is 0.258. The number of carbonyl (C=O) groups is 2. The number of aromatic carboxylic acids is 1. The van der Waals surface area contributed by atoms with Gasteiger partial charge in [-0.3, -0.25) is 4.79 Å². The van der Waals surface area contributed by atoms with Gasteiger partial charge in [0.15, 0.2) is 0 Å². The molecule has 9 nitrogen and oxygen atoms in total. The van der Waals surface area contributed by atoms with Gasteiger partial charge < -0.3 is 19.7 Å². The quantitative estimate of drug-likeness (QED) is 0.739. The fourth-order valence-corrected chi connectivity index (χ4v) is 4.23. The van der Waals surface area contributed by atoms with E-state index in [0.29, 0.717) is 0 Å². The number of hydrogen-bond acceptors (Lipinski definition) is 6. The van der Waals surface area contributed by atoms with Crippen molar-refractivity contribution in [2.45, 2.75) is 17.4 Å². The Morgan fingerprint density at radius 2 is 2.08 bits per heavy atom. The van der Waals surface area contributed by atoms with E-state index in [1.54, 1.807) is 0 Å². The zero-order chi connectivity index (χ0) is 17.9. The number of nitrogens with zero attached hydrogens (tertiary/aromatic N) is 1. The van der Waals surface area contributed by atoms with Crippen LogP contribution in [0.4, 0.5) is 0 Å². The minimum atomic E-state index is -4.15. The number of carboxylic acids is 2. The summed E-state index contributed by atoms with van der Waals surface area (Å²) < 4.78 is 37.1. The second kappa shape index (κ2) is 7.16. The Hall–Kier alpha value is -2.17. The summed E-state index contributed by atoms with van der Waals surface area (Å²) in [5.74, 6) is -2.45. The number of ether oxygens (including phenoxy) is 2. The van der Waals surface area contributed by atoms with Crippen LogP contribution in [0.2, 0.25) is 0 Å². The maximum absolute atomic E-state index is 12.9. The van der Waals surface area contributed by atoms with E-state index >= 15 is 0 Å². The first-order chi connectivity index (χ1) is 11.3. The minimum Gasteiger partial charge on any atom is -0.495 e. The van der Waals surface area contributed by atoms with Gasteiger partial charge >= 0.3 is 11.9 Å². The Balaban J connectivity index is 2.49. The maximum Gasteiger partial charge on any atom is 0.335 e. The third-order valence-corrected chi connectivity index (χ3v) is 5.55.